The maximum atomic E-state index is 14.1. The van der Waals surface area contributed by atoms with E-state index >= 15 is 0 Å². The van der Waals surface area contributed by atoms with Crippen molar-refractivity contribution in [3.63, 3.8) is 0 Å². The van der Waals surface area contributed by atoms with Crippen LogP contribution in [0, 0.1) is 11.7 Å². The zero-order valence-electron chi connectivity index (χ0n) is 16.2. The Morgan fingerprint density at radius 1 is 1.21 bits per heavy atom. The van der Waals surface area contributed by atoms with Crippen molar-refractivity contribution in [3.05, 3.63) is 64.4 Å². The first-order valence-electron chi connectivity index (χ1n) is 8.99. The molecule has 0 fully saturated rings. The molecular weight excluding hydrogens is 417 g/mol. The van der Waals surface area contributed by atoms with E-state index in [2.05, 4.69) is 9.71 Å². The lowest BCUT2D eigenvalue weighted by atomic mass is 10.0. The second-order valence-corrected chi connectivity index (χ2v) is 9.22. The molecule has 0 unspecified atom stereocenters. The highest BCUT2D eigenvalue weighted by atomic mass is 35.5. The highest BCUT2D eigenvalue weighted by Gasteiger charge is 2.33. The summed E-state index contributed by atoms with van der Waals surface area (Å²) in [5.74, 6) is -0.951. The number of amidine groups is 1. The number of likely N-dealkylation sites (N-methyl/N-ethyl adjacent to an activating group) is 1. The van der Waals surface area contributed by atoms with Crippen molar-refractivity contribution >= 4 is 33.4 Å². The predicted octanol–water partition coefficient (Wildman–Crippen LogP) is 3.20. The number of nitrogens with one attached hydrogen (secondary N) is 1. The number of carbonyl (C=O) groups is 1. The summed E-state index contributed by atoms with van der Waals surface area (Å²) in [5, 5.41) is 0.231. The van der Waals surface area contributed by atoms with Gasteiger partial charge in [0.15, 0.2) is 0 Å². The van der Waals surface area contributed by atoms with Crippen LogP contribution in [0.1, 0.15) is 25.0 Å². The zero-order chi connectivity index (χ0) is 21.3. The monoisotopic (exact) mass is 437 g/mol. The van der Waals surface area contributed by atoms with Gasteiger partial charge in [0.2, 0.25) is 5.91 Å². The summed E-state index contributed by atoms with van der Waals surface area (Å²) in [6.07, 6.45) is 0. The lowest BCUT2D eigenvalue weighted by Crippen LogP contribution is -2.39. The van der Waals surface area contributed by atoms with Crippen LogP contribution in [-0.2, 0) is 21.4 Å². The Kier molecular flexibility index (Phi) is 5.95. The molecule has 0 saturated heterocycles. The van der Waals surface area contributed by atoms with Crippen LogP contribution in [0.4, 0.5) is 4.39 Å². The third-order valence-corrected chi connectivity index (χ3v) is 6.40. The van der Waals surface area contributed by atoms with Crippen LogP contribution in [-0.4, -0.2) is 38.2 Å². The molecular formula is C20H21ClFN3O3S. The van der Waals surface area contributed by atoms with E-state index in [1.807, 2.05) is 13.8 Å². The van der Waals surface area contributed by atoms with Crippen molar-refractivity contribution < 1.29 is 17.6 Å². The quantitative estimate of drug-likeness (QED) is 0.780. The van der Waals surface area contributed by atoms with Gasteiger partial charge in [-0.15, -0.1) is 0 Å². The van der Waals surface area contributed by atoms with E-state index in [4.69, 9.17) is 11.6 Å². The smallest absolute Gasteiger partial charge is 0.263 e. The SMILES string of the molecule is CC(C)[C@H](N=C1NS(=O)(=O)c2ccccc21)C(=O)N(C)Cc1c(F)cccc1Cl. The van der Waals surface area contributed by atoms with Gasteiger partial charge in [-0.1, -0.05) is 43.6 Å². The van der Waals surface area contributed by atoms with Crippen LogP contribution in [0.2, 0.25) is 5.02 Å². The molecule has 1 N–H and O–H groups in total. The third kappa shape index (κ3) is 4.28. The molecule has 154 valence electrons. The topological polar surface area (TPSA) is 78.8 Å². The molecule has 1 heterocycles. The molecule has 1 aliphatic heterocycles. The molecule has 0 radical (unpaired) electrons. The second kappa shape index (κ2) is 8.12. The molecule has 29 heavy (non-hydrogen) atoms. The molecule has 6 nitrogen and oxygen atoms in total. The van der Waals surface area contributed by atoms with Crippen molar-refractivity contribution in [3.8, 4) is 0 Å². The van der Waals surface area contributed by atoms with Gasteiger partial charge in [-0.2, -0.15) is 0 Å². The molecule has 3 rings (SSSR count). The first-order chi connectivity index (χ1) is 13.6. The molecule has 1 aliphatic rings. The van der Waals surface area contributed by atoms with Crippen LogP contribution in [0.25, 0.3) is 0 Å². The van der Waals surface area contributed by atoms with Gasteiger partial charge >= 0.3 is 0 Å². The molecule has 2 aromatic rings. The summed E-state index contributed by atoms with van der Waals surface area (Å²) in [6.45, 7) is 3.60. The van der Waals surface area contributed by atoms with E-state index < -0.39 is 21.9 Å². The van der Waals surface area contributed by atoms with Gasteiger partial charge in [0, 0.05) is 29.7 Å². The maximum Gasteiger partial charge on any atom is 0.263 e. The number of rotatable bonds is 5. The summed E-state index contributed by atoms with van der Waals surface area (Å²) < 4.78 is 41.1. The summed E-state index contributed by atoms with van der Waals surface area (Å²) in [5.41, 5.74) is 0.637. The van der Waals surface area contributed by atoms with E-state index in [-0.39, 0.29) is 39.7 Å². The van der Waals surface area contributed by atoms with E-state index in [0.717, 1.165) is 0 Å². The fourth-order valence-corrected chi connectivity index (χ4v) is 4.54. The van der Waals surface area contributed by atoms with Crippen molar-refractivity contribution in [2.75, 3.05) is 7.05 Å². The number of hydrogen-bond donors (Lipinski definition) is 1. The Bertz CT molecular complexity index is 1070. The Labute approximate surface area is 174 Å². The number of halogens is 2. The number of benzene rings is 2. The first-order valence-corrected chi connectivity index (χ1v) is 10.9. The van der Waals surface area contributed by atoms with Crippen molar-refractivity contribution in [2.45, 2.75) is 31.3 Å². The minimum Gasteiger partial charge on any atom is -0.339 e. The first kappa shape index (κ1) is 21.3. The summed E-state index contributed by atoms with van der Waals surface area (Å²) >= 11 is 6.06. The fraction of sp³-hybridized carbons (Fsp3) is 0.300. The number of fused-ring (bicyclic) bond motifs is 1. The number of nitrogens with zero attached hydrogens (tertiary/aromatic N) is 2. The summed E-state index contributed by atoms with van der Waals surface area (Å²) in [6, 6.07) is 9.93. The fourth-order valence-electron chi connectivity index (χ4n) is 3.08. The van der Waals surface area contributed by atoms with Crippen molar-refractivity contribution in [1.29, 1.82) is 0 Å². The molecule has 0 aromatic heterocycles. The van der Waals surface area contributed by atoms with Crippen molar-refractivity contribution in [2.24, 2.45) is 10.9 Å². The zero-order valence-corrected chi connectivity index (χ0v) is 17.8. The molecule has 0 spiro atoms. The molecule has 2 aromatic carbocycles. The lowest BCUT2D eigenvalue weighted by molar-refractivity contribution is -0.132. The Balaban J connectivity index is 1.91. The van der Waals surface area contributed by atoms with E-state index in [1.54, 1.807) is 24.3 Å². The van der Waals surface area contributed by atoms with Crippen LogP contribution < -0.4 is 4.72 Å². The maximum absolute atomic E-state index is 14.1. The lowest BCUT2D eigenvalue weighted by Gasteiger charge is -2.24. The Hall–Kier alpha value is -2.45. The largest absolute Gasteiger partial charge is 0.339 e. The van der Waals surface area contributed by atoms with Gasteiger partial charge in [0.25, 0.3) is 10.0 Å². The summed E-state index contributed by atoms with van der Waals surface area (Å²) in [4.78, 5) is 18.9. The van der Waals surface area contributed by atoms with Crippen LogP contribution in [0.3, 0.4) is 0 Å². The van der Waals surface area contributed by atoms with Crippen LogP contribution >= 0.6 is 11.6 Å². The predicted molar refractivity (Wildman–Crippen MR) is 110 cm³/mol. The highest BCUT2D eigenvalue weighted by Crippen LogP contribution is 2.25. The Morgan fingerprint density at radius 3 is 2.55 bits per heavy atom. The Morgan fingerprint density at radius 2 is 1.90 bits per heavy atom. The molecule has 9 heteroatoms. The average molecular weight is 438 g/mol. The number of carbonyl (C=O) groups excluding carboxylic acids is 1. The van der Waals surface area contributed by atoms with Crippen LogP contribution in [0.15, 0.2) is 52.4 Å². The molecule has 0 aliphatic carbocycles. The third-order valence-electron chi connectivity index (χ3n) is 4.65. The number of hydrogen-bond acceptors (Lipinski definition) is 4. The van der Waals surface area contributed by atoms with Crippen molar-refractivity contribution in [1.82, 2.24) is 9.62 Å². The van der Waals surface area contributed by atoms with Gasteiger partial charge in [-0.25, -0.2) is 12.8 Å². The van der Waals surface area contributed by atoms with E-state index in [9.17, 15) is 17.6 Å². The standard InChI is InChI=1S/C20H21ClFN3O3S/c1-12(2)18(20(26)25(3)11-14-15(21)8-6-9-16(14)22)23-19-13-7-4-5-10-17(13)29(27,28)24-19/h4-10,12,18H,11H2,1-3H3,(H,23,24)/t18-/m0/s1. The number of sulfonamides is 1. The molecule has 0 bridgehead atoms. The molecule has 1 atom stereocenters. The number of aliphatic imine (C=N–C) groups is 1. The second-order valence-electron chi connectivity index (χ2n) is 7.16. The normalized spacial score (nSPS) is 17.1. The van der Waals surface area contributed by atoms with Crippen LogP contribution in [0.5, 0.6) is 0 Å². The molecule has 0 saturated carbocycles. The van der Waals surface area contributed by atoms with E-state index in [0.29, 0.717) is 5.56 Å². The van der Waals surface area contributed by atoms with Gasteiger partial charge in [-0.3, -0.25) is 14.5 Å². The van der Waals surface area contributed by atoms with Gasteiger partial charge < -0.3 is 4.90 Å². The minimum atomic E-state index is -3.70. The van der Waals surface area contributed by atoms with Gasteiger partial charge in [0.05, 0.1) is 4.90 Å². The highest BCUT2D eigenvalue weighted by molar-refractivity contribution is 7.90. The van der Waals surface area contributed by atoms with Gasteiger partial charge in [-0.05, 0) is 30.2 Å². The van der Waals surface area contributed by atoms with E-state index in [1.165, 1.54) is 30.1 Å². The minimum absolute atomic E-state index is 0.0271. The number of amides is 1. The molecule has 1 amide bonds. The average Bonchev–Trinajstić information content (AvgIpc) is 2.92. The summed E-state index contributed by atoms with van der Waals surface area (Å²) in [7, 11) is -2.17. The van der Waals surface area contributed by atoms with Gasteiger partial charge in [0.1, 0.15) is 17.7 Å².